The third-order valence-electron chi connectivity index (χ3n) is 6.78. The predicted molar refractivity (Wildman–Crippen MR) is 167 cm³/mol. The molecule has 2 amide bonds. The molecular formula is C31H35Cl2F2N3O4S. The number of carbonyl (C=O) groups is 2. The highest BCUT2D eigenvalue weighted by molar-refractivity contribution is 7.92. The van der Waals surface area contributed by atoms with Crippen molar-refractivity contribution in [3.05, 3.63) is 99.5 Å². The molecule has 0 unspecified atom stereocenters. The average Bonchev–Trinajstić information content (AvgIpc) is 2.96. The molecule has 7 nitrogen and oxygen atoms in total. The van der Waals surface area contributed by atoms with Crippen molar-refractivity contribution in [1.29, 1.82) is 0 Å². The first-order chi connectivity index (χ1) is 20.4. The molecular weight excluding hydrogens is 619 g/mol. The van der Waals surface area contributed by atoms with Crippen molar-refractivity contribution < 1.29 is 26.8 Å². The van der Waals surface area contributed by atoms with E-state index in [0.717, 1.165) is 47.2 Å². The summed E-state index contributed by atoms with van der Waals surface area (Å²) in [6, 6.07) is 16.2. The van der Waals surface area contributed by atoms with Gasteiger partial charge in [0.25, 0.3) is 0 Å². The Balaban J connectivity index is 1.90. The van der Waals surface area contributed by atoms with Gasteiger partial charge in [-0.15, -0.1) is 0 Å². The lowest BCUT2D eigenvalue weighted by molar-refractivity contribution is -0.141. The van der Waals surface area contributed by atoms with Crippen LogP contribution in [0.3, 0.4) is 0 Å². The van der Waals surface area contributed by atoms with Crippen molar-refractivity contribution in [3.8, 4) is 0 Å². The van der Waals surface area contributed by atoms with E-state index in [1.54, 1.807) is 18.2 Å². The Morgan fingerprint density at radius 1 is 0.907 bits per heavy atom. The van der Waals surface area contributed by atoms with Gasteiger partial charge in [0, 0.05) is 38.5 Å². The van der Waals surface area contributed by atoms with Crippen molar-refractivity contribution in [1.82, 2.24) is 10.2 Å². The number of nitrogens with one attached hydrogen (secondary N) is 1. The topological polar surface area (TPSA) is 86.8 Å². The Labute approximate surface area is 261 Å². The number of sulfonamides is 1. The van der Waals surface area contributed by atoms with Crippen LogP contribution < -0.4 is 9.62 Å². The summed E-state index contributed by atoms with van der Waals surface area (Å²) >= 11 is 12.3. The van der Waals surface area contributed by atoms with Gasteiger partial charge < -0.3 is 10.2 Å². The molecule has 0 radical (unpaired) electrons. The summed E-state index contributed by atoms with van der Waals surface area (Å²) in [6.45, 7) is 2.34. The van der Waals surface area contributed by atoms with Gasteiger partial charge in [-0.2, -0.15) is 0 Å². The molecule has 1 N–H and O–H groups in total. The van der Waals surface area contributed by atoms with E-state index in [9.17, 15) is 26.8 Å². The summed E-state index contributed by atoms with van der Waals surface area (Å²) in [7, 11) is -3.88. The van der Waals surface area contributed by atoms with Crippen LogP contribution >= 0.6 is 23.2 Å². The smallest absolute Gasteiger partial charge is 0.243 e. The summed E-state index contributed by atoms with van der Waals surface area (Å²) in [5.41, 5.74) is 1.45. The third kappa shape index (κ3) is 10.2. The number of anilines is 1. The Morgan fingerprint density at radius 3 is 2.26 bits per heavy atom. The quantitative estimate of drug-likeness (QED) is 0.193. The largest absolute Gasteiger partial charge is 0.354 e. The molecule has 0 aromatic heterocycles. The maximum atomic E-state index is 13.9. The number of halogens is 4. The van der Waals surface area contributed by atoms with Crippen molar-refractivity contribution in [2.75, 3.05) is 23.7 Å². The fourth-order valence-electron chi connectivity index (χ4n) is 4.54. The van der Waals surface area contributed by atoms with E-state index in [1.165, 1.54) is 4.90 Å². The second kappa shape index (κ2) is 16.0. The van der Waals surface area contributed by atoms with Crippen LogP contribution in [0, 0.1) is 11.6 Å². The molecule has 0 heterocycles. The van der Waals surface area contributed by atoms with E-state index < -0.39 is 33.6 Å². The molecule has 0 fully saturated rings. The number of unbranched alkanes of at least 4 members (excludes halogenated alkanes) is 1. The zero-order valence-corrected chi connectivity index (χ0v) is 26.4. The summed E-state index contributed by atoms with van der Waals surface area (Å²) in [6.07, 6.45) is 2.78. The van der Waals surface area contributed by atoms with Crippen LogP contribution in [-0.4, -0.2) is 50.5 Å². The minimum Gasteiger partial charge on any atom is -0.354 e. The van der Waals surface area contributed by atoms with Crippen molar-refractivity contribution >= 4 is 50.7 Å². The molecule has 3 aromatic rings. The number of carbonyl (C=O) groups excluding carboxylic acids is 2. The first-order valence-electron chi connectivity index (χ1n) is 13.9. The van der Waals surface area contributed by atoms with Gasteiger partial charge in [0.05, 0.1) is 22.0 Å². The lowest BCUT2D eigenvalue weighted by Gasteiger charge is -2.32. The van der Waals surface area contributed by atoms with Crippen molar-refractivity contribution in [2.24, 2.45) is 0 Å². The van der Waals surface area contributed by atoms with Gasteiger partial charge in [-0.05, 0) is 48.2 Å². The Hall–Kier alpha value is -3.21. The van der Waals surface area contributed by atoms with Crippen LogP contribution in [0.4, 0.5) is 14.5 Å². The maximum Gasteiger partial charge on any atom is 0.243 e. The summed E-state index contributed by atoms with van der Waals surface area (Å²) in [5.74, 6) is -3.00. The second-order valence-corrected chi connectivity index (χ2v) is 12.9. The van der Waals surface area contributed by atoms with Gasteiger partial charge in [0.2, 0.25) is 21.8 Å². The fraction of sp³-hybridized carbons (Fsp3) is 0.355. The van der Waals surface area contributed by atoms with Crippen LogP contribution in [0.2, 0.25) is 10.0 Å². The summed E-state index contributed by atoms with van der Waals surface area (Å²) in [5, 5.41) is 3.58. The molecule has 1 atom stereocenters. The van der Waals surface area contributed by atoms with Crippen LogP contribution in [0.15, 0.2) is 66.7 Å². The van der Waals surface area contributed by atoms with E-state index in [0.29, 0.717) is 22.2 Å². The summed E-state index contributed by atoms with van der Waals surface area (Å²) in [4.78, 5) is 28.8. The van der Waals surface area contributed by atoms with Gasteiger partial charge in [-0.25, -0.2) is 17.2 Å². The minimum atomic E-state index is -3.88. The molecule has 3 aromatic carbocycles. The zero-order valence-electron chi connectivity index (χ0n) is 24.0. The van der Waals surface area contributed by atoms with E-state index >= 15 is 0 Å². The molecule has 0 saturated carbocycles. The van der Waals surface area contributed by atoms with Gasteiger partial charge in [-0.3, -0.25) is 13.9 Å². The first kappa shape index (κ1) is 34.3. The standard InChI is InChI=1S/C31H35Cl2F2N3O4S/c1-3-4-16-36-31(40)29(19-22-9-6-5-7-10-22)37(21-23-12-14-25(32)26(33)18-23)30(39)11-8-17-38(43(2,41)42)24-13-15-27(34)28(35)20-24/h5-7,9-10,12-15,18,20,29H,3-4,8,11,16-17,19,21H2,1-2H3,(H,36,40)/t29-/m0/s1. The van der Waals surface area contributed by atoms with Gasteiger partial charge >= 0.3 is 0 Å². The molecule has 43 heavy (non-hydrogen) atoms. The Bertz CT molecular complexity index is 1510. The summed E-state index contributed by atoms with van der Waals surface area (Å²) < 4.78 is 53.3. The Kier molecular flexibility index (Phi) is 12.8. The highest BCUT2D eigenvalue weighted by Gasteiger charge is 2.30. The van der Waals surface area contributed by atoms with Crippen molar-refractivity contribution in [3.63, 3.8) is 0 Å². The van der Waals surface area contributed by atoms with Crippen molar-refractivity contribution in [2.45, 2.75) is 51.6 Å². The predicted octanol–water partition coefficient (Wildman–Crippen LogP) is 6.37. The van der Waals surface area contributed by atoms with E-state index in [2.05, 4.69) is 5.32 Å². The zero-order chi connectivity index (χ0) is 31.6. The monoisotopic (exact) mass is 653 g/mol. The number of hydrogen-bond acceptors (Lipinski definition) is 4. The normalized spacial score (nSPS) is 12.0. The maximum absolute atomic E-state index is 13.9. The van der Waals surface area contributed by atoms with Gasteiger partial charge in [0.15, 0.2) is 11.6 Å². The molecule has 0 aliphatic carbocycles. The first-order valence-corrected chi connectivity index (χ1v) is 16.5. The van der Waals surface area contributed by atoms with Crippen LogP contribution in [0.25, 0.3) is 0 Å². The number of rotatable bonds is 15. The van der Waals surface area contributed by atoms with E-state index in [-0.39, 0.29) is 43.9 Å². The Morgan fingerprint density at radius 2 is 1.63 bits per heavy atom. The molecule has 0 aliphatic rings. The lowest BCUT2D eigenvalue weighted by atomic mass is 10.0. The molecule has 3 rings (SSSR count). The van der Waals surface area contributed by atoms with E-state index in [4.69, 9.17) is 23.2 Å². The molecule has 0 saturated heterocycles. The van der Waals surface area contributed by atoms with Crippen LogP contribution in [-0.2, 0) is 32.6 Å². The molecule has 12 heteroatoms. The van der Waals surface area contributed by atoms with Crippen LogP contribution in [0.5, 0.6) is 0 Å². The third-order valence-corrected chi connectivity index (χ3v) is 8.71. The molecule has 232 valence electrons. The van der Waals surface area contributed by atoms with Crippen LogP contribution in [0.1, 0.15) is 43.7 Å². The SMILES string of the molecule is CCCCNC(=O)[C@H](Cc1ccccc1)N(Cc1ccc(Cl)c(Cl)c1)C(=O)CCCN(c1ccc(F)c(F)c1)S(C)(=O)=O. The highest BCUT2D eigenvalue weighted by atomic mass is 35.5. The lowest BCUT2D eigenvalue weighted by Crippen LogP contribution is -2.50. The van der Waals surface area contributed by atoms with Gasteiger partial charge in [-0.1, -0.05) is 72.9 Å². The molecule has 0 aliphatic heterocycles. The average molecular weight is 655 g/mol. The number of nitrogens with zero attached hydrogens (tertiary/aromatic N) is 2. The number of amides is 2. The fourth-order valence-corrected chi connectivity index (χ4v) is 5.82. The minimum absolute atomic E-state index is 0.0490. The molecule has 0 bridgehead atoms. The highest BCUT2D eigenvalue weighted by Crippen LogP contribution is 2.25. The van der Waals surface area contributed by atoms with E-state index in [1.807, 2.05) is 37.3 Å². The van der Waals surface area contributed by atoms with Gasteiger partial charge in [0.1, 0.15) is 6.04 Å². The second-order valence-electron chi connectivity index (χ2n) is 10.2. The molecule has 0 spiro atoms. The number of benzene rings is 3. The number of hydrogen-bond donors (Lipinski definition) is 1.